The SMILES string of the molecule is CN(C)c1cccc(Nc2nc(NCCc3ccc(O)cc3)c3ncn(CCN4CCCC4=O)c3n2)c1. The molecule has 3 N–H and O–H groups in total. The smallest absolute Gasteiger partial charge is 0.231 e. The molecule has 10 nitrogen and oxygen atoms in total. The topological polar surface area (TPSA) is 111 Å². The number of likely N-dealkylation sites (tertiary alicyclic amines) is 1. The van der Waals surface area contributed by atoms with Crippen LogP contribution in [0.5, 0.6) is 5.75 Å². The average Bonchev–Trinajstić information content (AvgIpc) is 3.49. The molecule has 0 bridgehead atoms. The van der Waals surface area contributed by atoms with E-state index in [1.807, 2.05) is 64.9 Å². The predicted molar refractivity (Wildman–Crippen MR) is 145 cm³/mol. The van der Waals surface area contributed by atoms with Crippen molar-refractivity contribution in [3.63, 3.8) is 0 Å². The first-order valence-electron chi connectivity index (χ1n) is 12.5. The van der Waals surface area contributed by atoms with Crippen LogP contribution in [-0.4, -0.2) is 69.2 Å². The number of amides is 1. The zero-order chi connectivity index (χ0) is 25.8. The molecule has 5 rings (SSSR count). The summed E-state index contributed by atoms with van der Waals surface area (Å²) in [5.74, 6) is 1.57. The van der Waals surface area contributed by atoms with Crippen LogP contribution in [-0.2, 0) is 17.8 Å². The van der Waals surface area contributed by atoms with Crippen LogP contribution in [0.4, 0.5) is 23.1 Å². The Morgan fingerprint density at radius 1 is 1.08 bits per heavy atom. The van der Waals surface area contributed by atoms with Gasteiger partial charge in [0, 0.05) is 58.1 Å². The van der Waals surface area contributed by atoms with E-state index in [0.717, 1.165) is 36.3 Å². The molecule has 0 unspecified atom stereocenters. The summed E-state index contributed by atoms with van der Waals surface area (Å²) in [6, 6.07) is 15.3. The zero-order valence-electron chi connectivity index (χ0n) is 21.2. The van der Waals surface area contributed by atoms with Gasteiger partial charge in [-0.2, -0.15) is 9.97 Å². The standard InChI is InChI=1S/C27H32N8O2/c1-33(2)21-6-3-5-20(17-21)30-27-31-25(28-13-12-19-8-10-22(36)11-9-19)24-26(32-27)35(18-29-24)16-15-34-14-4-7-23(34)37/h3,5-6,8-11,17-18,36H,4,7,12-16H2,1-2H3,(H2,28,30,31,32). The quantitative estimate of drug-likeness (QED) is 0.303. The molecule has 0 saturated carbocycles. The minimum Gasteiger partial charge on any atom is -0.508 e. The number of aromatic hydroxyl groups is 1. The van der Waals surface area contributed by atoms with Gasteiger partial charge in [0.05, 0.1) is 6.33 Å². The predicted octanol–water partition coefficient (Wildman–Crippen LogP) is 3.62. The van der Waals surface area contributed by atoms with Gasteiger partial charge in [0.2, 0.25) is 11.9 Å². The fourth-order valence-corrected chi connectivity index (χ4v) is 4.43. The Kier molecular flexibility index (Phi) is 7.07. The van der Waals surface area contributed by atoms with Gasteiger partial charge in [-0.3, -0.25) is 4.79 Å². The molecule has 37 heavy (non-hydrogen) atoms. The van der Waals surface area contributed by atoms with E-state index < -0.39 is 0 Å². The zero-order valence-corrected chi connectivity index (χ0v) is 21.2. The molecule has 192 valence electrons. The summed E-state index contributed by atoms with van der Waals surface area (Å²) < 4.78 is 1.98. The first-order valence-corrected chi connectivity index (χ1v) is 12.5. The van der Waals surface area contributed by atoms with E-state index in [-0.39, 0.29) is 11.7 Å². The van der Waals surface area contributed by atoms with Gasteiger partial charge in [-0.15, -0.1) is 0 Å². The average molecular weight is 501 g/mol. The van der Waals surface area contributed by atoms with E-state index in [0.29, 0.717) is 49.0 Å². The summed E-state index contributed by atoms with van der Waals surface area (Å²) in [7, 11) is 4.00. The first kappa shape index (κ1) is 24.4. The second-order valence-corrected chi connectivity index (χ2v) is 9.40. The minimum atomic E-state index is 0.207. The summed E-state index contributed by atoms with van der Waals surface area (Å²) in [5, 5.41) is 16.3. The molecule has 1 fully saturated rings. The molecule has 4 aromatic rings. The lowest BCUT2D eigenvalue weighted by Crippen LogP contribution is -2.28. The fraction of sp³-hybridized carbons (Fsp3) is 0.333. The summed E-state index contributed by atoms with van der Waals surface area (Å²) in [6.07, 6.45) is 4.07. The number of fused-ring (bicyclic) bond motifs is 1. The van der Waals surface area contributed by atoms with Crippen molar-refractivity contribution in [1.29, 1.82) is 0 Å². The summed E-state index contributed by atoms with van der Waals surface area (Å²) >= 11 is 0. The van der Waals surface area contributed by atoms with E-state index in [2.05, 4.69) is 15.6 Å². The molecule has 0 atom stereocenters. The Morgan fingerprint density at radius 2 is 1.92 bits per heavy atom. The molecule has 2 aromatic carbocycles. The van der Waals surface area contributed by atoms with Crippen LogP contribution in [0.3, 0.4) is 0 Å². The Labute approximate surface area is 216 Å². The highest BCUT2D eigenvalue weighted by atomic mass is 16.3. The van der Waals surface area contributed by atoms with Gasteiger partial charge in [0.15, 0.2) is 17.0 Å². The maximum absolute atomic E-state index is 12.1. The highest BCUT2D eigenvalue weighted by Gasteiger charge is 2.20. The van der Waals surface area contributed by atoms with Gasteiger partial charge >= 0.3 is 0 Å². The molecular weight excluding hydrogens is 468 g/mol. The number of phenols is 1. The Hall–Kier alpha value is -4.34. The van der Waals surface area contributed by atoms with Crippen molar-refractivity contribution in [3.8, 4) is 5.75 Å². The number of anilines is 4. The van der Waals surface area contributed by atoms with Gasteiger partial charge < -0.3 is 30.1 Å². The Bertz CT molecular complexity index is 1380. The number of benzene rings is 2. The molecule has 10 heteroatoms. The number of aromatic nitrogens is 4. The second kappa shape index (κ2) is 10.7. The van der Waals surface area contributed by atoms with Gasteiger partial charge in [0.1, 0.15) is 5.75 Å². The summed E-state index contributed by atoms with van der Waals surface area (Å²) in [6.45, 7) is 2.69. The monoisotopic (exact) mass is 500 g/mol. The number of hydrogen-bond donors (Lipinski definition) is 3. The molecule has 0 spiro atoms. The van der Waals surface area contributed by atoms with Gasteiger partial charge in [-0.25, -0.2) is 4.98 Å². The third-order valence-electron chi connectivity index (χ3n) is 6.51. The molecular formula is C27H32N8O2. The lowest BCUT2D eigenvalue weighted by atomic mass is 10.1. The molecule has 0 radical (unpaired) electrons. The van der Waals surface area contributed by atoms with Crippen molar-refractivity contribution in [3.05, 3.63) is 60.4 Å². The molecule has 2 aromatic heterocycles. The molecule has 0 aliphatic carbocycles. The number of carbonyl (C=O) groups excluding carboxylic acids is 1. The van der Waals surface area contributed by atoms with Crippen molar-refractivity contribution < 1.29 is 9.90 Å². The van der Waals surface area contributed by atoms with Crippen molar-refractivity contribution in [1.82, 2.24) is 24.4 Å². The van der Waals surface area contributed by atoms with E-state index in [1.54, 1.807) is 18.5 Å². The van der Waals surface area contributed by atoms with Crippen LogP contribution in [0.1, 0.15) is 18.4 Å². The van der Waals surface area contributed by atoms with Crippen LogP contribution < -0.4 is 15.5 Å². The van der Waals surface area contributed by atoms with Crippen LogP contribution in [0.2, 0.25) is 0 Å². The summed E-state index contributed by atoms with van der Waals surface area (Å²) in [5.41, 5.74) is 4.45. The van der Waals surface area contributed by atoms with Crippen LogP contribution >= 0.6 is 0 Å². The number of hydrogen-bond acceptors (Lipinski definition) is 8. The number of phenolic OH excluding ortho intramolecular Hbond substituents is 1. The maximum Gasteiger partial charge on any atom is 0.231 e. The second-order valence-electron chi connectivity index (χ2n) is 9.40. The molecule has 1 aliphatic heterocycles. The fourth-order valence-electron chi connectivity index (χ4n) is 4.43. The first-order chi connectivity index (χ1) is 18.0. The van der Waals surface area contributed by atoms with Crippen molar-refractivity contribution in [2.24, 2.45) is 0 Å². The lowest BCUT2D eigenvalue weighted by molar-refractivity contribution is -0.127. The lowest BCUT2D eigenvalue weighted by Gasteiger charge is -2.16. The van der Waals surface area contributed by atoms with Crippen molar-refractivity contribution in [2.45, 2.75) is 25.8 Å². The number of rotatable bonds is 10. The van der Waals surface area contributed by atoms with Crippen LogP contribution in [0, 0.1) is 0 Å². The van der Waals surface area contributed by atoms with Crippen molar-refractivity contribution >= 4 is 40.2 Å². The Balaban J connectivity index is 1.40. The van der Waals surface area contributed by atoms with E-state index in [1.165, 1.54) is 0 Å². The third-order valence-corrected chi connectivity index (χ3v) is 6.51. The largest absolute Gasteiger partial charge is 0.508 e. The molecule has 1 saturated heterocycles. The van der Waals surface area contributed by atoms with Gasteiger partial charge in [0.25, 0.3) is 0 Å². The van der Waals surface area contributed by atoms with Crippen molar-refractivity contribution in [2.75, 3.05) is 49.3 Å². The number of nitrogens with one attached hydrogen (secondary N) is 2. The molecule has 3 heterocycles. The highest BCUT2D eigenvalue weighted by Crippen LogP contribution is 2.25. The van der Waals surface area contributed by atoms with E-state index in [9.17, 15) is 9.90 Å². The normalized spacial score (nSPS) is 13.4. The third kappa shape index (κ3) is 5.74. The molecule has 1 amide bonds. The summed E-state index contributed by atoms with van der Waals surface area (Å²) in [4.78, 5) is 30.2. The number of carbonyl (C=O) groups is 1. The molecule has 1 aliphatic rings. The van der Waals surface area contributed by atoms with Gasteiger partial charge in [-0.05, 0) is 48.7 Å². The van der Waals surface area contributed by atoms with Crippen LogP contribution in [0.25, 0.3) is 11.2 Å². The van der Waals surface area contributed by atoms with E-state index >= 15 is 0 Å². The van der Waals surface area contributed by atoms with Gasteiger partial charge in [-0.1, -0.05) is 18.2 Å². The number of imidazole rings is 1. The van der Waals surface area contributed by atoms with E-state index in [4.69, 9.17) is 9.97 Å². The minimum absolute atomic E-state index is 0.207. The Morgan fingerprint density at radius 3 is 2.68 bits per heavy atom. The number of nitrogens with zero attached hydrogens (tertiary/aromatic N) is 6. The van der Waals surface area contributed by atoms with Crippen LogP contribution in [0.15, 0.2) is 54.9 Å². The maximum atomic E-state index is 12.1. The highest BCUT2D eigenvalue weighted by molar-refractivity contribution is 5.85.